The summed E-state index contributed by atoms with van der Waals surface area (Å²) >= 11 is 14.2. The summed E-state index contributed by atoms with van der Waals surface area (Å²) in [6.45, 7) is 0. The maximum Gasteiger partial charge on any atom is 0.0463 e. The number of halogens is 2. The van der Waals surface area contributed by atoms with Gasteiger partial charge in [-0.25, -0.2) is 0 Å². The van der Waals surface area contributed by atoms with E-state index in [1.807, 2.05) is 36.0 Å². The van der Waals surface area contributed by atoms with Gasteiger partial charge in [0.15, 0.2) is 0 Å². The highest BCUT2D eigenvalue weighted by Crippen LogP contribution is 2.36. The topological polar surface area (TPSA) is 31.6 Å². The van der Waals surface area contributed by atoms with Crippen LogP contribution in [-0.4, -0.2) is 9.97 Å². The molecule has 0 spiro atoms. The number of aromatic nitrogens is 2. The van der Waals surface area contributed by atoms with Gasteiger partial charge in [-0.3, -0.25) is 0 Å². The van der Waals surface area contributed by atoms with Gasteiger partial charge in [0.2, 0.25) is 0 Å². The van der Waals surface area contributed by atoms with Crippen molar-refractivity contribution in [2.75, 3.05) is 0 Å². The van der Waals surface area contributed by atoms with Crippen molar-refractivity contribution in [3.63, 3.8) is 0 Å². The van der Waals surface area contributed by atoms with E-state index < -0.39 is 0 Å². The second-order valence-corrected chi connectivity index (χ2v) is 10.4. The van der Waals surface area contributed by atoms with Crippen molar-refractivity contribution in [1.29, 1.82) is 0 Å². The summed E-state index contributed by atoms with van der Waals surface area (Å²) in [5.74, 6) is 1.85. The number of nitrogens with one attached hydrogen (secondary N) is 2. The lowest BCUT2D eigenvalue weighted by molar-refractivity contribution is 1.40. The van der Waals surface area contributed by atoms with Crippen LogP contribution in [-0.2, 0) is 11.5 Å². The standard InChI is InChI=1S/C30H22Cl2N2S/c31-23-11-7-19(8-12-23)25-15-33-27-5-1-3-21(29(25)27)17-35-18-22-4-2-6-28-30(22)26(16-34-28)20-9-13-24(32)14-10-20/h1-16,33-34H,17-18H2. The smallest absolute Gasteiger partial charge is 0.0463 e. The van der Waals surface area contributed by atoms with Crippen LogP contribution in [0.3, 0.4) is 0 Å². The monoisotopic (exact) mass is 512 g/mol. The largest absolute Gasteiger partial charge is 0.361 e. The van der Waals surface area contributed by atoms with Gasteiger partial charge in [-0.2, -0.15) is 11.8 Å². The molecule has 0 saturated carbocycles. The fourth-order valence-electron chi connectivity index (χ4n) is 4.75. The SMILES string of the molecule is Clc1ccc(-c2c[nH]c3cccc(CSCc4cccc5[nH]cc(-c6ccc(Cl)cc6)c45)c23)cc1. The summed E-state index contributed by atoms with van der Waals surface area (Å²) in [5, 5.41) is 4.07. The molecule has 0 atom stereocenters. The van der Waals surface area contributed by atoms with Crippen LogP contribution in [0.1, 0.15) is 11.1 Å². The van der Waals surface area contributed by atoms with Crippen molar-refractivity contribution in [3.05, 3.63) is 118 Å². The summed E-state index contributed by atoms with van der Waals surface area (Å²) < 4.78 is 0. The Hall–Kier alpha value is -3.11. The van der Waals surface area contributed by atoms with Crippen LogP contribution >= 0.6 is 35.0 Å². The van der Waals surface area contributed by atoms with E-state index in [9.17, 15) is 0 Å². The number of hydrogen-bond acceptors (Lipinski definition) is 1. The molecule has 0 unspecified atom stereocenters. The lowest BCUT2D eigenvalue weighted by Crippen LogP contribution is -1.88. The molecule has 6 rings (SSSR count). The number of H-pyrrole nitrogens is 2. The first-order valence-corrected chi connectivity index (χ1v) is 13.4. The average molecular weight is 513 g/mol. The molecular formula is C30H22Cl2N2S. The van der Waals surface area contributed by atoms with Gasteiger partial charge in [-0.05, 0) is 58.7 Å². The fraction of sp³-hybridized carbons (Fsp3) is 0.0667. The number of fused-ring (bicyclic) bond motifs is 2. The zero-order chi connectivity index (χ0) is 23.8. The van der Waals surface area contributed by atoms with E-state index in [1.54, 1.807) is 0 Å². The average Bonchev–Trinajstić information content (AvgIpc) is 3.51. The molecule has 2 nitrogen and oxygen atoms in total. The number of aromatic amines is 2. The van der Waals surface area contributed by atoms with E-state index in [2.05, 4.69) is 83.0 Å². The Morgan fingerprint density at radius 1 is 0.543 bits per heavy atom. The van der Waals surface area contributed by atoms with E-state index in [1.165, 1.54) is 44.2 Å². The lowest BCUT2D eigenvalue weighted by Gasteiger charge is -2.09. The molecule has 0 aliphatic carbocycles. The second-order valence-electron chi connectivity index (χ2n) is 8.59. The first kappa shape index (κ1) is 22.4. The molecule has 35 heavy (non-hydrogen) atoms. The van der Waals surface area contributed by atoms with Crippen molar-refractivity contribution in [3.8, 4) is 22.3 Å². The van der Waals surface area contributed by atoms with Crippen LogP contribution in [0.4, 0.5) is 0 Å². The minimum atomic E-state index is 0.751. The van der Waals surface area contributed by atoms with Gasteiger partial charge in [0, 0.05) is 66.9 Å². The minimum Gasteiger partial charge on any atom is -0.361 e. The molecule has 0 aliphatic rings. The van der Waals surface area contributed by atoms with Crippen LogP contribution in [0, 0.1) is 0 Å². The van der Waals surface area contributed by atoms with Crippen molar-refractivity contribution in [2.45, 2.75) is 11.5 Å². The molecule has 2 aromatic heterocycles. The van der Waals surface area contributed by atoms with E-state index in [0.29, 0.717) is 0 Å². The van der Waals surface area contributed by atoms with Gasteiger partial charge in [0.05, 0.1) is 0 Å². The summed E-state index contributed by atoms with van der Waals surface area (Å²) in [6.07, 6.45) is 4.20. The van der Waals surface area contributed by atoms with Gasteiger partial charge in [0.25, 0.3) is 0 Å². The van der Waals surface area contributed by atoms with Gasteiger partial charge in [-0.1, -0.05) is 71.7 Å². The van der Waals surface area contributed by atoms with E-state index >= 15 is 0 Å². The predicted octanol–water partition coefficient (Wildman–Crippen LogP) is 9.72. The lowest BCUT2D eigenvalue weighted by atomic mass is 10.0. The maximum absolute atomic E-state index is 6.12. The van der Waals surface area contributed by atoms with Gasteiger partial charge < -0.3 is 9.97 Å². The summed E-state index contributed by atoms with van der Waals surface area (Å²) in [6, 6.07) is 29.1. The number of hydrogen-bond donors (Lipinski definition) is 2. The first-order valence-electron chi connectivity index (χ1n) is 11.4. The molecule has 0 radical (unpaired) electrons. The second kappa shape index (κ2) is 9.50. The molecule has 0 fully saturated rings. The van der Waals surface area contributed by atoms with Crippen LogP contribution in [0.25, 0.3) is 44.1 Å². The molecule has 2 N–H and O–H groups in total. The number of thioether (sulfide) groups is 1. The Labute approximate surface area is 218 Å². The fourth-order valence-corrected chi connectivity index (χ4v) is 6.02. The molecule has 5 heteroatoms. The van der Waals surface area contributed by atoms with Crippen molar-refractivity contribution < 1.29 is 0 Å². The normalized spacial score (nSPS) is 11.5. The highest BCUT2D eigenvalue weighted by atomic mass is 35.5. The molecule has 4 aromatic carbocycles. The zero-order valence-electron chi connectivity index (χ0n) is 18.8. The molecule has 0 aliphatic heterocycles. The Morgan fingerprint density at radius 3 is 1.40 bits per heavy atom. The summed E-state index contributed by atoms with van der Waals surface area (Å²) in [7, 11) is 0. The molecule has 0 amide bonds. The highest BCUT2D eigenvalue weighted by molar-refractivity contribution is 7.97. The number of rotatable bonds is 6. The summed E-state index contributed by atoms with van der Waals surface area (Å²) in [4.78, 5) is 6.89. The van der Waals surface area contributed by atoms with E-state index in [4.69, 9.17) is 23.2 Å². The Morgan fingerprint density at radius 2 is 0.971 bits per heavy atom. The van der Waals surface area contributed by atoms with Gasteiger partial charge in [-0.15, -0.1) is 0 Å². The van der Waals surface area contributed by atoms with Crippen LogP contribution < -0.4 is 0 Å². The Bertz CT molecular complexity index is 1510. The summed E-state index contributed by atoms with van der Waals surface area (Å²) in [5.41, 5.74) is 9.74. The quantitative estimate of drug-likeness (QED) is 0.228. The van der Waals surface area contributed by atoms with Crippen LogP contribution in [0.15, 0.2) is 97.3 Å². The van der Waals surface area contributed by atoms with Crippen molar-refractivity contribution in [2.24, 2.45) is 0 Å². The zero-order valence-corrected chi connectivity index (χ0v) is 21.1. The maximum atomic E-state index is 6.12. The first-order chi connectivity index (χ1) is 17.2. The van der Waals surface area contributed by atoms with Crippen molar-refractivity contribution in [1.82, 2.24) is 9.97 Å². The molecule has 0 saturated heterocycles. The Kier molecular flexibility index (Phi) is 6.07. The van der Waals surface area contributed by atoms with Gasteiger partial charge in [0.1, 0.15) is 0 Å². The molecular weight excluding hydrogens is 491 g/mol. The Balaban J connectivity index is 1.30. The third kappa shape index (κ3) is 4.36. The van der Waals surface area contributed by atoms with Gasteiger partial charge >= 0.3 is 0 Å². The van der Waals surface area contributed by atoms with Crippen LogP contribution in [0.2, 0.25) is 10.0 Å². The molecule has 6 aromatic rings. The van der Waals surface area contributed by atoms with Crippen LogP contribution in [0.5, 0.6) is 0 Å². The minimum absolute atomic E-state index is 0.751. The van der Waals surface area contributed by atoms with E-state index in [-0.39, 0.29) is 0 Å². The predicted molar refractivity (Wildman–Crippen MR) is 152 cm³/mol. The molecule has 2 heterocycles. The van der Waals surface area contributed by atoms with E-state index in [0.717, 1.165) is 32.6 Å². The third-order valence-corrected chi connectivity index (χ3v) is 7.94. The molecule has 0 bridgehead atoms. The number of benzene rings is 4. The third-order valence-electron chi connectivity index (χ3n) is 6.41. The van der Waals surface area contributed by atoms with Crippen molar-refractivity contribution >= 4 is 56.8 Å². The highest BCUT2D eigenvalue weighted by Gasteiger charge is 2.13. The molecule has 172 valence electrons.